The van der Waals surface area contributed by atoms with E-state index in [-0.39, 0.29) is 5.91 Å². The number of rotatable bonds is 6. The fraction of sp³-hybridized carbons (Fsp3) is 0.120. The van der Waals surface area contributed by atoms with E-state index in [1.807, 2.05) is 55.5 Å². The van der Waals surface area contributed by atoms with Gasteiger partial charge in [0.05, 0.1) is 25.5 Å². The van der Waals surface area contributed by atoms with Crippen molar-refractivity contribution in [3.63, 3.8) is 0 Å². The molecule has 1 heterocycles. The van der Waals surface area contributed by atoms with Crippen LogP contribution in [-0.2, 0) is 0 Å². The number of nitrogens with one attached hydrogen (secondary N) is 1. The lowest BCUT2D eigenvalue weighted by atomic mass is 10.1. The Kier molecular flexibility index (Phi) is 6.14. The van der Waals surface area contributed by atoms with Gasteiger partial charge in [-0.15, -0.1) is 0 Å². The van der Waals surface area contributed by atoms with Crippen LogP contribution in [-0.4, -0.2) is 29.9 Å². The Bertz CT molecular complexity index is 1270. The molecule has 3 aromatic carbocycles. The zero-order valence-corrected chi connectivity index (χ0v) is 18.7. The number of benzene rings is 3. The Morgan fingerprint density at radius 2 is 1.78 bits per heavy atom. The predicted octanol–water partition coefficient (Wildman–Crippen LogP) is 5.77. The second kappa shape index (κ2) is 9.16. The topological polar surface area (TPSA) is 65.4 Å². The number of hydrogen-bond acceptors (Lipinski definition) is 4. The van der Waals surface area contributed by atoms with Crippen LogP contribution in [0.3, 0.4) is 0 Å². The summed E-state index contributed by atoms with van der Waals surface area (Å²) < 4.78 is 12.6. The Morgan fingerprint density at radius 3 is 2.50 bits per heavy atom. The fourth-order valence-corrected chi connectivity index (χ4v) is 3.55. The minimum absolute atomic E-state index is 0.301. The van der Waals surface area contributed by atoms with Gasteiger partial charge in [0.1, 0.15) is 17.2 Å². The summed E-state index contributed by atoms with van der Waals surface area (Å²) in [7, 11) is 3.16. The van der Waals surface area contributed by atoms with Crippen LogP contribution in [0.2, 0.25) is 5.02 Å². The summed E-state index contributed by atoms with van der Waals surface area (Å²) in [6, 6.07) is 20.4. The highest BCUT2D eigenvalue weighted by atomic mass is 35.5. The molecule has 6 nitrogen and oxygen atoms in total. The number of anilines is 1. The first kappa shape index (κ1) is 21.5. The molecule has 0 bridgehead atoms. The van der Waals surface area contributed by atoms with E-state index in [0.717, 1.165) is 11.3 Å². The van der Waals surface area contributed by atoms with Gasteiger partial charge in [0.2, 0.25) is 0 Å². The van der Waals surface area contributed by atoms with Crippen LogP contribution in [0.4, 0.5) is 5.69 Å². The van der Waals surface area contributed by atoms with Gasteiger partial charge in [0.15, 0.2) is 0 Å². The second-order valence-corrected chi connectivity index (χ2v) is 7.51. The normalized spacial score (nSPS) is 10.6. The molecule has 1 N–H and O–H groups in total. The Morgan fingerprint density at radius 1 is 1.00 bits per heavy atom. The van der Waals surface area contributed by atoms with Gasteiger partial charge < -0.3 is 14.8 Å². The number of methoxy groups -OCH3 is 2. The van der Waals surface area contributed by atoms with E-state index in [0.29, 0.717) is 39.0 Å². The van der Waals surface area contributed by atoms with Crippen molar-refractivity contribution in [2.45, 2.75) is 6.92 Å². The average Bonchev–Trinajstić information content (AvgIpc) is 3.27. The maximum atomic E-state index is 13.4. The first-order valence-electron chi connectivity index (χ1n) is 9.95. The van der Waals surface area contributed by atoms with E-state index in [1.165, 1.54) is 0 Å². The van der Waals surface area contributed by atoms with Gasteiger partial charge in [-0.25, -0.2) is 4.68 Å². The first-order valence-corrected chi connectivity index (χ1v) is 10.3. The van der Waals surface area contributed by atoms with Crippen molar-refractivity contribution in [3.05, 3.63) is 89.1 Å². The molecule has 0 saturated heterocycles. The van der Waals surface area contributed by atoms with E-state index in [4.69, 9.17) is 26.2 Å². The molecular weight excluding hydrogens is 426 g/mol. The molecule has 4 aromatic rings. The van der Waals surface area contributed by atoms with E-state index < -0.39 is 0 Å². The van der Waals surface area contributed by atoms with Crippen molar-refractivity contribution in [2.24, 2.45) is 0 Å². The van der Waals surface area contributed by atoms with Gasteiger partial charge >= 0.3 is 0 Å². The van der Waals surface area contributed by atoms with E-state index in [2.05, 4.69) is 5.32 Å². The summed E-state index contributed by atoms with van der Waals surface area (Å²) >= 11 is 6.23. The maximum Gasteiger partial charge on any atom is 0.259 e. The molecule has 1 amide bonds. The van der Waals surface area contributed by atoms with Crippen molar-refractivity contribution in [2.75, 3.05) is 19.5 Å². The van der Waals surface area contributed by atoms with Gasteiger partial charge in [0.25, 0.3) is 5.91 Å². The van der Waals surface area contributed by atoms with Gasteiger partial charge in [-0.05, 0) is 48.9 Å². The third-order valence-electron chi connectivity index (χ3n) is 5.16. The number of halogens is 1. The zero-order chi connectivity index (χ0) is 22.7. The number of carbonyl (C=O) groups is 1. The van der Waals surface area contributed by atoms with Crippen LogP contribution in [0.15, 0.2) is 72.9 Å². The van der Waals surface area contributed by atoms with E-state index in [1.54, 1.807) is 43.3 Å². The number of para-hydroxylation sites is 1. The summed E-state index contributed by atoms with van der Waals surface area (Å²) in [5, 5.41) is 8.27. The third-order valence-corrected chi connectivity index (χ3v) is 5.57. The monoisotopic (exact) mass is 447 g/mol. The number of nitrogens with zero attached hydrogens (tertiary/aromatic N) is 2. The highest BCUT2D eigenvalue weighted by Crippen LogP contribution is 2.35. The molecular formula is C25H22ClN3O3. The van der Waals surface area contributed by atoms with Gasteiger partial charge in [-0.3, -0.25) is 4.79 Å². The fourth-order valence-electron chi connectivity index (χ4n) is 3.38. The molecule has 0 atom stereocenters. The highest BCUT2D eigenvalue weighted by molar-refractivity contribution is 6.31. The summed E-state index contributed by atoms with van der Waals surface area (Å²) in [6.45, 7) is 1.86. The number of carbonyl (C=O) groups excluding carboxylic acids is 1. The number of aromatic nitrogens is 2. The van der Waals surface area contributed by atoms with Crippen LogP contribution < -0.4 is 14.8 Å². The molecule has 0 fully saturated rings. The van der Waals surface area contributed by atoms with Crippen molar-refractivity contribution >= 4 is 23.2 Å². The van der Waals surface area contributed by atoms with Crippen molar-refractivity contribution in [1.82, 2.24) is 9.78 Å². The lowest BCUT2D eigenvalue weighted by molar-refractivity contribution is 0.102. The van der Waals surface area contributed by atoms with Crippen molar-refractivity contribution in [1.29, 1.82) is 0 Å². The minimum atomic E-state index is -0.301. The molecule has 1 aromatic heterocycles. The maximum absolute atomic E-state index is 13.4. The standard InChI is InChI=1S/C25H22ClN3O3/c1-16-21(26)10-7-11-22(16)27-25(30)20-15-29(17-8-5-4-6-9-17)28-24(20)19-13-12-18(31-2)14-23(19)32-3/h4-15H,1-3H3,(H,27,30). The highest BCUT2D eigenvalue weighted by Gasteiger charge is 2.22. The van der Waals surface area contributed by atoms with Crippen LogP contribution >= 0.6 is 11.6 Å². The molecule has 0 saturated carbocycles. The number of ether oxygens (including phenoxy) is 2. The molecule has 7 heteroatoms. The molecule has 32 heavy (non-hydrogen) atoms. The second-order valence-electron chi connectivity index (χ2n) is 7.10. The van der Waals surface area contributed by atoms with Crippen molar-refractivity contribution < 1.29 is 14.3 Å². The minimum Gasteiger partial charge on any atom is -0.497 e. The van der Waals surface area contributed by atoms with Crippen LogP contribution in [0.25, 0.3) is 16.9 Å². The molecule has 0 unspecified atom stereocenters. The van der Waals surface area contributed by atoms with E-state index in [9.17, 15) is 4.79 Å². The van der Waals surface area contributed by atoms with Gasteiger partial charge in [-0.2, -0.15) is 5.10 Å². The first-order chi connectivity index (χ1) is 15.5. The van der Waals surface area contributed by atoms with Crippen LogP contribution in [0.5, 0.6) is 11.5 Å². The van der Waals surface area contributed by atoms with Crippen LogP contribution in [0, 0.1) is 6.92 Å². The molecule has 0 radical (unpaired) electrons. The smallest absolute Gasteiger partial charge is 0.259 e. The van der Waals surface area contributed by atoms with Gasteiger partial charge in [-0.1, -0.05) is 35.9 Å². The Hall–Kier alpha value is -3.77. The molecule has 0 aliphatic heterocycles. The summed E-state index contributed by atoms with van der Waals surface area (Å²) in [5.41, 5.74) is 3.83. The Balaban J connectivity index is 1.83. The molecule has 0 aliphatic rings. The van der Waals surface area contributed by atoms with Crippen LogP contribution in [0.1, 0.15) is 15.9 Å². The Labute approximate surface area is 191 Å². The summed E-state index contributed by atoms with van der Waals surface area (Å²) in [4.78, 5) is 13.4. The third kappa shape index (κ3) is 4.18. The number of amides is 1. The average molecular weight is 448 g/mol. The SMILES string of the molecule is COc1ccc(-c2nn(-c3ccccc3)cc2C(=O)Nc2cccc(Cl)c2C)c(OC)c1. The lowest BCUT2D eigenvalue weighted by Gasteiger charge is -2.11. The molecule has 0 aliphatic carbocycles. The lowest BCUT2D eigenvalue weighted by Crippen LogP contribution is -2.13. The quantitative estimate of drug-likeness (QED) is 0.407. The van der Waals surface area contributed by atoms with Gasteiger partial charge in [0, 0.05) is 28.5 Å². The zero-order valence-electron chi connectivity index (χ0n) is 17.9. The van der Waals surface area contributed by atoms with E-state index >= 15 is 0 Å². The predicted molar refractivity (Wildman–Crippen MR) is 126 cm³/mol. The molecule has 4 rings (SSSR count). The number of hydrogen-bond donors (Lipinski definition) is 1. The summed E-state index contributed by atoms with van der Waals surface area (Å²) in [5.74, 6) is 0.898. The van der Waals surface area contributed by atoms with Crippen molar-refractivity contribution in [3.8, 4) is 28.4 Å². The molecule has 162 valence electrons. The summed E-state index contributed by atoms with van der Waals surface area (Å²) in [6.07, 6.45) is 1.71. The molecule has 0 spiro atoms. The largest absolute Gasteiger partial charge is 0.497 e.